The Hall–Kier alpha value is -3.42. The summed E-state index contributed by atoms with van der Waals surface area (Å²) in [5, 5.41) is 6.60. The van der Waals surface area contributed by atoms with Crippen molar-refractivity contribution >= 4 is 11.6 Å². The van der Waals surface area contributed by atoms with Gasteiger partial charge in [-0.25, -0.2) is 4.68 Å². The highest BCUT2D eigenvalue weighted by atomic mass is 19.4. The molecule has 0 saturated heterocycles. The molecule has 0 fully saturated rings. The van der Waals surface area contributed by atoms with Crippen molar-refractivity contribution in [2.24, 2.45) is 0 Å². The Bertz CT molecular complexity index is 1010. The highest BCUT2D eigenvalue weighted by Crippen LogP contribution is 2.29. The molecule has 0 aliphatic heterocycles. The number of para-hydroxylation sites is 1. The van der Waals surface area contributed by atoms with Crippen LogP contribution in [0.25, 0.3) is 0 Å². The van der Waals surface area contributed by atoms with E-state index in [1.54, 1.807) is 30.3 Å². The standard InChI is InChI=1S/C19H14F3N3O2/c20-19(21,22)14-6-4-5-13(11-14)12-25-17(26)10-9-16(24-25)18(27)23-15-7-2-1-3-8-15/h1-11H,12H2,(H,23,27). The molecule has 27 heavy (non-hydrogen) atoms. The van der Waals surface area contributed by atoms with Gasteiger partial charge in [0.05, 0.1) is 12.1 Å². The fourth-order valence-electron chi connectivity index (χ4n) is 2.42. The molecule has 0 unspecified atom stereocenters. The predicted molar refractivity (Wildman–Crippen MR) is 93.4 cm³/mol. The molecular weight excluding hydrogens is 359 g/mol. The van der Waals surface area contributed by atoms with Gasteiger partial charge in [0, 0.05) is 11.8 Å². The molecule has 1 heterocycles. The van der Waals surface area contributed by atoms with E-state index in [9.17, 15) is 22.8 Å². The molecule has 1 amide bonds. The number of rotatable bonds is 4. The van der Waals surface area contributed by atoms with Crippen LogP contribution in [0.1, 0.15) is 21.6 Å². The lowest BCUT2D eigenvalue weighted by Gasteiger charge is -2.10. The fourth-order valence-corrected chi connectivity index (χ4v) is 2.42. The van der Waals surface area contributed by atoms with Crippen LogP contribution in [0.4, 0.5) is 18.9 Å². The van der Waals surface area contributed by atoms with E-state index >= 15 is 0 Å². The molecule has 0 atom stereocenters. The van der Waals surface area contributed by atoms with Crippen molar-refractivity contribution in [1.29, 1.82) is 0 Å². The number of nitrogens with one attached hydrogen (secondary N) is 1. The third-order valence-electron chi connectivity index (χ3n) is 3.72. The molecule has 0 radical (unpaired) electrons. The van der Waals surface area contributed by atoms with Crippen LogP contribution in [-0.4, -0.2) is 15.7 Å². The van der Waals surface area contributed by atoms with E-state index in [-0.39, 0.29) is 17.8 Å². The van der Waals surface area contributed by atoms with Gasteiger partial charge in [0.1, 0.15) is 5.69 Å². The molecule has 0 bridgehead atoms. The SMILES string of the molecule is O=C(Nc1ccccc1)c1ccc(=O)n(Cc2cccc(C(F)(F)F)c2)n1. The second kappa shape index (κ2) is 7.45. The average Bonchev–Trinajstić information content (AvgIpc) is 2.64. The summed E-state index contributed by atoms with van der Waals surface area (Å²) in [6.07, 6.45) is -4.48. The Kier molecular flexibility index (Phi) is 5.07. The lowest BCUT2D eigenvalue weighted by atomic mass is 10.1. The minimum Gasteiger partial charge on any atom is -0.321 e. The lowest BCUT2D eigenvalue weighted by molar-refractivity contribution is -0.137. The zero-order valence-electron chi connectivity index (χ0n) is 13.9. The van der Waals surface area contributed by atoms with E-state index in [1.807, 2.05) is 0 Å². The first-order chi connectivity index (χ1) is 12.8. The summed E-state index contributed by atoms with van der Waals surface area (Å²) in [4.78, 5) is 24.3. The number of benzene rings is 2. The zero-order valence-corrected chi connectivity index (χ0v) is 13.9. The highest BCUT2D eigenvalue weighted by molar-refractivity contribution is 6.02. The van der Waals surface area contributed by atoms with Crippen LogP contribution in [0, 0.1) is 0 Å². The molecular formula is C19H14F3N3O2. The van der Waals surface area contributed by atoms with Gasteiger partial charge in [0.25, 0.3) is 11.5 Å². The molecule has 8 heteroatoms. The molecule has 1 N–H and O–H groups in total. The number of amides is 1. The minimum atomic E-state index is -4.48. The number of hydrogen-bond donors (Lipinski definition) is 1. The largest absolute Gasteiger partial charge is 0.416 e. The van der Waals surface area contributed by atoms with Crippen molar-refractivity contribution in [3.8, 4) is 0 Å². The summed E-state index contributed by atoms with van der Waals surface area (Å²) in [6, 6.07) is 15.7. The molecule has 3 aromatic rings. The summed E-state index contributed by atoms with van der Waals surface area (Å²) in [5.74, 6) is -0.529. The third-order valence-corrected chi connectivity index (χ3v) is 3.72. The number of alkyl halides is 3. The van der Waals surface area contributed by atoms with Gasteiger partial charge in [-0.3, -0.25) is 9.59 Å². The molecule has 3 rings (SSSR count). The quantitative estimate of drug-likeness (QED) is 0.761. The Morgan fingerprint density at radius 2 is 1.74 bits per heavy atom. The summed E-state index contributed by atoms with van der Waals surface area (Å²) in [6.45, 7) is -0.185. The van der Waals surface area contributed by atoms with Gasteiger partial charge in [-0.2, -0.15) is 18.3 Å². The van der Waals surface area contributed by atoms with E-state index in [2.05, 4.69) is 10.4 Å². The van der Waals surface area contributed by atoms with Crippen molar-refractivity contribution in [3.05, 3.63) is 93.9 Å². The number of carbonyl (C=O) groups is 1. The van der Waals surface area contributed by atoms with Gasteiger partial charge in [0.15, 0.2) is 0 Å². The van der Waals surface area contributed by atoms with Gasteiger partial charge >= 0.3 is 6.18 Å². The molecule has 1 aromatic heterocycles. The van der Waals surface area contributed by atoms with Gasteiger partial charge in [-0.15, -0.1) is 0 Å². The molecule has 138 valence electrons. The van der Waals surface area contributed by atoms with Crippen LogP contribution in [0.2, 0.25) is 0 Å². The molecule has 0 spiro atoms. The fraction of sp³-hybridized carbons (Fsp3) is 0.105. The summed E-state index contributed by atoms with van der Waals surface area (Å²) in [5.41, 5.74) is -0.555. The summed E-state index contributed by atoms with van der Waals surface area (Å²) < 4.78 is 39.4. The third kappa shape index (κ3) is 4.60. The van der Waals surface area contributed by atoms with E-state index < -0.39 is 23.2 Å². The number of anilines is 1. The maximum absolute atomic E-state index is 12.8. The number of nitrogens with zero attached hydrogens (tertiary/aromatic N) is 2. The smallest absolute Gasteiger partial charge is 0.321 e. The first-order valence-electron chi connectivity index (χ1n) is 7.93. The van der Waals surface area contributed by atoms with E-state index in [0.717, 1.165) is 22.9 Å². The second-order valence-corrected chi connectivity index (χ2v) is 5.73. The predicted octanol–water partition coefficient (Wildman–Crippen LogP) is 3.56. The monoisotopic (exact) mass is 373 g/mol. The molecule has 2 aromatic carbocycles. The van der Waals surface area contributed by atoms with Crippen LogP contribution >= 0.6 is 0 Å². The Balaban J connectivity index is 1.84. The topological polar surface area (TPSA) is 64.0 Å². The lowest BCUT2D eigenvalue weighted by Crippen LogP contribution is -2.26. The second-order valence-electron chi connectivity index (χ2n) is 5.73. The Labute approximate surface area is 152 Å². The van der Waals surface area contributed by atoms with Gasteiger partial charge in [0.2, 0.25) is 0 Å². The minimum absolute atomic E-state index is 0.0228. The van der Waals surface area contributed by atoms with Crippen molar-refractivity contribution in [2.45, 2.75) is 12.7 Å². The first kappa shape index (κ1) is 18.4. The maximum atomic E-state index is 12.8. The number of aromatic nitrogens is 2. The van der Waals surface area contributed by atoms with E-state index in [0.29, 0.717) is 5.69 Å². The number of halogens is 3. The summed E-state index contributed by atoms with van der Waals surface area (Å²) >= 11 is 0. The van der Waals surface area contributed by atoms with E-state index in [1.165, 1.54) is 18.2 Å². The van der Waals surface area contributed by atoms with Crippen LogP contribution < -0.4 is 10.9 Å². The first-order valence-corrected chi connectivity index (χ1v) is 7.93. The average molecular weight is 373 g/mol. The van der Waals surface area contributed by atoms with Crippen LogP contribution in [0.5, 0.6) is 0 Å². The Morgan fingerprint density at radius 3 is 2.44 bits per heavy atom. The van der Waals surface area contributed by atoms with Crippen molar-refractivity contribution in [2.75, 3.05) is 5.32 Å². The number of carbonyl (C=O) groups excluding carboxylic acids is 1. The van der Waals surface area contributed by atoms with Crippen molar-refractivity contribution < 1.29 is 18.0 Å². The molecule has 0 aliphatic carbocycles. The maximum Gasteiger partial charge on any atom is 0.416 e. The van der Waals surface area contributed by atoms with Crippen LogP contribution in [0.3, 0.4) is 0 Å². The van der Waals surface area contributed by atoms with Crippen molar-refractivity contribution in [1.82, 2.24) is 9.78 Å². The van der Waals surface area contributed by atoms with Gasteiger partial charge in [-0.05, 0) is 35.9 Å². The van der Waals surface area contributed by atoms with Crippen LogP contribution in [-0.2, 0) is 12.7 Å². The van der Waals surface area contributed by atoms with E-state index in [4.69, 9.17) is 0 Å². The normalized spacial score (nSPS) is 11.2. The Morgan fingerprint density at radius 1 is 1.00 bits per heavy atom. The van der Waals surface area contributed by atoms with Gasteiger partial charge < -0.3 is 5.32 Å². The highest BCUT2D eigenvalue weighted by Gasteiger charge is 2.30. The van der Waals surface area contributed by atoms with Crippen molar-refractivity contribution in [3.63, 3.8) is 0 Å². The zero-order chi connectivity index (χ0) is 19.4. The van der Waals surface area contributed by atoms with Crippen LogP contribution in [0.15, 0.2) is 71.5 Å². The summed E-state index contributed by atoms with van der Waals surface area (Å²) in [7, 11) is 0. The van der Waals surface area contributed by atoms with Gasteiger partial charge in [-0.1, -0.05) is 30.3 Å². The molecule has 5 nitrogen and oxygen atoms in total. The molecule has 0 saturated carbocycles. The number of hydrogen-bond acceptors (Lipinski definition) is 3. The molecule has 0 aliphatic rings.